The first-order valence-electron chi connectivity index (χ1n) is 10.8. The Morgan fingerprint density at radius 2 is 1.31 bits per heavy atom. The van der Waals surface area contributed by atoms with Crippen LogP contribution in [0.25, 0.3) is 0 Å². The zero-order valence-corrected chi connectivity index (χ0v) is 19.5. The number of aliphatic hydroxyl groups excluding tert-OH is 1. The van der Waals surface area contributed by atoms with E-state index < -0.39 is 79.2 Å². The normalized spacial score (nSPS) is 13.8. The van der Waals surface area contributed by atoms with Gasteiger partial charge >= 0.3 is 11.9 Å². The van der Waals surface area contributed by atoms with Crippen molar-refractivity contribution in [2.75, 3.05) is 13.2 Å². The van der Waals surface area contributed by atoms with Gasteiger partial charge in [-0.25, -0.2) is 4.79 Å². The average molecular weight is 519 g/mol. The van der Waals surface area contributed by atoms with Gasteiger partial charge in [0.1, 0.15) is 18.1 Å². The van der Waals surface area contributed by atoms with E-state index in [1.54, 1.807) is 0 Å². The summed E-state index contributed by atoms with van der Waals surface area (Å²) in [5.41, 5.74) is 21.0. The van der Waals surface area contributed by atoms with Crippen molar-refractivity contribution < 1.29 is 44.1 Å². The maximum absolute atomic E-state index is 12.7. The molecule has 0 saturated carbocycles. The fourth-order valence-corrected chi connectivity index (χ4v) is 2.74. The summed E-state index contributed by atoms with van der Waals surface area (Å²) in [6.45, 7) is -0.809. The average Bonchev–Trinajstić information content (AvgIpc) is 2.79. The third-order valence-electron chi connectivity index (χ3n) is 4.69. The molecule has 0 radical (unpaired) electrons. The lowest BCUT2D eigenvalue weighted by molar-refractivity contribution is -0.143. The van der Waals surface area contributed by atoms with Crippen LogP contribution in [0.1, 0.15) is 38.5 Å². The number of aliphatic hydroxyl groups is 1. The Hall–Kier alpha value is -3.99. The lowest BCUT2D eigenvalue weighted by Crippen LogP contribution is -2.58. The number of aliphatic carboxylic acids is 2. The van der Waals surface area contributed by atoms with Gasteiger partial charge in [-0.15, -0.1) is 0 Å². The van der Waals surface area contributed by atoms with Crippen molar-refractivity contribution in [1.82, 2.24) is 16.0 Å². The maximum Gasteiger partial charge on any atom is 0.326 e. The number of hydrogen-bond acceptors (Lipinski definition) is 9. The molecule has 0 bridgehead atoms. The van der Waals surface area contributed by atoms with Gasteiger partial charge in [0.05, 0.1) is 12.6 Å². The number of carboxylic acids is 2. The molecule has 0 fully saturated rings. The van der Waals surface area contributed by atoms with Gasteiger partial charge in [0.15, 0.2) is 5.96 Å². The highest BCUT2D eigenvalue weighted by Gasteiger charge is 2.30. The van der Waals surface area contributed by atoms with E-state index in [0.717, 1.165) is 0 Å². The van der Waals surface area contributed by atoms with Crippen molar-refractivity contribution in [3.63, 3.8) is 0 Å². The highest BCUT2D eigenvalue weighted by Crippen LogP contribution is 2.04. The monoisotopic (exact) mass is 518 g/mol. The fraction of sp³-hybridized carbons (Fsp3) is 0.632. The number of aliphatic imine (C=N–C) groups is 1. The lowest BCUT2D eigenvalue weighted by atomic mass is 10.1. The second kappa shape index (κ2) is 16.6. The number of hydrogen-bond donors (Lipinski definition) is 10. The van der Waals surface area contributed by atoms with Gasteiger partial charge in [0.2, 0.25) is 23.6 Å². The van der Waals surface area contributed by atoms with Crippen LogP contribution in [-0.4, -0.2) is 94.2 Å². The molecule has 0 rings (SSSR count). The summed E-state index contributed by atoms with van der Waals surface area (Å²) in [5.74, 6) is -6.51. The van der Waals surface area contributed by atoms with Gasteiger partial charge in [-0.2, -0.15) is 0 Å². The maximum atomic E-state index is 12.7. The van der Waals surface area contributed by atoms with Crippen molar-refractivity contribution in [1.29, 1.82) is 0 Å². The molecule has 204 valence electrons. The van der Waals surface area contributed by atoms with Crippen molar-refractivity contribution in [2.45, 2.75) is 62.7 Å². The molecule has 4 atom stereocenters. The summed E-state index contributed by atoms with van der Waals surface area (Å²) in [5, 5.41) is 34.4. The molecule has 17 heteroatoms. The zero-order valence-electron chi connectivity index (χ0n) is 19.5. The summed E-state index contributed by atoms with van der Waals surface area (Å²) in [4.78, 5) is 74.4. The Balaban J connectivity index is 5.31. The van der Waals surface area contributed by atoms with Crippen LogP contribution in [0.15, 0.2) is 4.99 Å². The zero-order chi connectivity index (χ0) is 27.8. The number of nitrogens with two attached hydrogens (primary N) is 4. The highest BCUT2D eigenvalue weighted by atomic mass is 16.4. The number of carbonyl (C=O) groups excluding carboxylic acids is 4. The quantitative estimate of drug-likeness (QED) is 0.0463. The molecular weight excluding hydrogens is 484 g/mol. The lowest BCUT2D eigenvalue weighted by Gasteiger charge is -2.24. The van der Waals surface area contributed by atoms with Gasteiger partial charge in [0.25, 0.3) is 0 Å². The third kappa shape index (κ3) is 13.7. The van der Waals surface area contributed by atoms with E-state index in [1.807, 2.05) is 0 Å². The van der Waals surface area contributed by atoms with Crippen LogP contribution in [0.4, 0.5) is 0 Å². The van der Waals surface area contributed by atoms with Crippen LogP contribution < -0.4 is 38.9 Å². The number of amides is 4. The number of rotatable bonds is 18. The van der Waals surface area contributed by atoms with Crippen LogP contribution in [0.5, 0.6) is 0 Å². The van der Waals surface area contributed by atoms with Gasteiger partial charge < -0.3 is 54.2 Å². The minimum Gasteiger partial charge on any atom is -0.481 e. The minimum atomic E-state index is -1.58. The molecule has 0 saturated heterocycles. The first-order valence-corrected chi connectivity index (χ1v) is 10.8. The summed E-state index contributed by atoms with van der Waals surface area (Å²) >= 11 is 0. The first-order chi connectivity index (χ1) is 16.8. The molecule has 0 aromatic carbocycles. The number of guanidine groups is 1. The van der Waals surface area contributed by atoms with Crippen LogP contribution in [0.2, 0.25) is 0 Å². The second-order valence-electron chi connectivity index (χ2n) is 7.70. The Bertz CT molecular complexity index is 832. The molecule has 0 heterocycles. The predicted molar refractivity (Wildman–Crippen MR) is 124 cm³/mol. The first kappa shape index (κ1) is 32.0. The Kier molecular flexibility index (Phi) is 14.8. The summed E-state index contributed by atoms with van der Waals surface area (Å²) in [6, 6.07) is -5.71. The number of carboxylic acid groups (broad SMARTS) is 2. The van der Waals surface area contributed by atoms with Crippen LogP contribution in [0.3, 0.4) is 0 Å². The molecular formula is C19H34N8O9. The smallest absolute Gasteiger partial charge is 0.326 e. The van der Waals surface area contributed by atoms with E-state index >= 15 is 0 Å². The molecule has 0 aromatic heterocycles. The molecule has 0 aliphatic rings. The van der Waals surface area contributed by atoms with Crippen LogP contribution in [-0.2, 0) is 28.8 Å². The van der Waals surface area contributed by atoms with Crippen molar-refractivity contribution in [2.24, 2.45) is 27.9 Å². The van der Waals surface area contributed by atoms with E-state index in [9.17, 15) is 39.0 Å². The molecule has 4 unspecified atom stereocenters. The van der Waals surface area contributed by atoms with Gasteiger partial charge in [-0.1, -0.05) is 0 Å². The SMILES string of the molecule is NC(=O)CCC(N)C(=O)NC(CO)C(=O)NC(CCC(=O)O)C(=O)NC(CCCN=C(N)N)C(=O)O. The van der Waals surface area contributed by atoms with Crippen LogP contribution in [0, 0.1) is 0 Å². The third-order valence-corrected chi connectivity index (χ3v) is 4.69. The van der Waals surface area contributed by atoms with Gasteiger partial charge in [-0.05, 0) is 25.7 Å². The summed E-state index contributed by atoms with van der Waals surface area (Å²) < 4.78 is 0. The van der Waals surface area contributed by atoms with Gasteiger partial charge in [-0.3, -0.25) is 29.0 Å². The van der Waals surface area contributed by atoms with E-state index in [1.165, 1.54) is 0 Å². The topological polar surface area (TPSA) is 316 Å². The Morgan fingerprint density at radius 3 is 1.81 bits per heavy atom. The van der Waals surface area contributed by atoms with Crippen molar-refractivity contribution in [3.05, 3.63) is 0 Å². The molecule has 0 aromatic rings. The Morgan fingerprint density at radius 1 is 0.750 bits per heavy atom. The predicted octanol–water partition coefficient (Wildman–Crippen LogP) is -4.97. The van der Waals surface area contributed by atoms with Gasteiger partial charge in [0, 0.05) is 19.4 Å². The molecule has 14 N–H and O–H groups in total. The molecule has 36 heavy (non-hydrogen) atoms. The van der Waals surface area contributed by atoms with E-state index in [2.05, 4.69) is 20.9 Å². The number of nitrogens with zero attached hydrogens (tertiary/aromatic N) is 1. The second-order valence-corrected chi connectivity index (χ2v) is 7.70. The number of primary amides is 1. The summed E-state index contributed by atoms with van der Waals surface area (Å²) in [6.07, 6.45) is -1.18. The van der Waals surface area contributed by atoms with E-state index in [0.29, 0.717) is 0 Å². The Labute approximate surface area is 206 Å². The molecule has 0 aliphatic carbocycles. The van der Waals surface area contributed by atoms with Crippen molar-refractivity contribution in [3.8, 4) is 0 Å². The standard InChI is InChI=1S/C19H34N8O9/c20-9(3-5-13(21)29)15(32)27-12(8-28)17(34)25-10(4-6-14(30)31)16(33)26-11(18(35)36)2-1-7-24-19(22)23/h9-12,28H,1-8,20H2,(H2,21,29)(H,25,34)(H,26,33)(H,27,32)(H,30,31)(H,35,36)(H4,22,23,24). The molecule has 0 spiro atoms. The largest absolute Gasteiger partial charge is 0.481 e. The van der Waals surface area contributed by atoms with E-state index in [4.69, 9.17) is 28.0 Å². The number of nitrogens with one attached hydrogen (secondary N) is 3. The molecule has 17 nitrogen and oxygen atoms in total. The molecule has 0 aliphatic heterocycles. The highest BCUT2D eigenvalue weighted by molar-refractivity contribution is 5.94. The fourth-order valence-electron chi connectivity index (χ4n) is 2.74. The number of carbonyl (C=O) groups is 6. The van der Waals surface area contributed by atoms with Crippen molar-refractivity contribution >= 4 is 41.5 Å². The minimum absolute atomic E-state index is 0.0734. The molecule has 4 amide bonds. The van der Waals surface area contributed by atoms with E-state index in [-0.39, 0.29) is 38.2 Å². The van der Waals surface area contributed by atoms with Crippen LogP contribution >= 0.6 is 0 Å². The summed E-state index contributed by atoms with van der Waals surface area (Å²) in [7, 11) is 0.